The molecule has 0 fully saturated rings. The fourth-order valence-electron chi connectivity index (χ4n) is 3.72. The van der Waals surface area contributed by atoms with Crippen molar-refractivity contribution >= 4 is 32.3 Å². The Kier molecular flexibility index (Phi) is 1.89. The van der Waals surface area contributed by atoms with Gasteiger partial charge in [0.1, 0.15) is 0 Å². The lowest BCUT2D eigenvalue weighted by Crippen LogP contribution is -1.87. The van der Waals surface area contributed by atoms with Gasteiger partial charge in [-0.3, -0.25) is 0 Å². The minimum Gasteiger partial charge on any atom is -0.448 e. The van der Waals surface area contributed by atoms with Crippen molar-refractivity contribution < 1.29 is 4.74 Å². The molecule has 0 spiro atoms. The summed E-state index contributed by atoms with van der Waals surface area (Å²) in [4.78, 5) is 0. The number of aryl methyl sites for hydroxylation is 2. The predicted molar refractivity (Wildman–Crippen MR) is 88.5 cm³/mol. The van der Waals surface area contributed by atoms with Crippen LogP contribution in [0.2, 0.25) is 0 Å². The molecule has 0 N–H and O–H groups in total. The molecule has 0 saturated carbocycles. The molecule has 1 aliphatic rings. The van der Waals surface area contributed by atoms with Gasteiger partial charge < -0.3 is 4.74 Å². The summed E-state index contributed by atoms with van der Waals surface area (Å²) in [5.41, 5.74) is 2.67. The molecule has 1 heterocycles. The first-order chi connectivity index (χ1) is 10.3. The second-order valence-electron chi connectivity index (χ2n) is 5.85. The first-order valence-electron chi connectivity index (χ1n) is 7.31. The zero-order chi connectivity index (χ0) is 14.1. The Labute approximate surface area is 122 Å². The molecule has 0 unspecified atom stereocenters. The number of hydrogen-bond donors (Lipinski definition) is 0. The molecule has 21 heavy (non-hydrogen) atoms. The fourth-order valence-corrected chi connectivity index (χ4v) is 3.72. The quantitative estimate of drug-likeness (QED) is 0.195. The molecule has 0 bridgehead atoms. The van der Waals surface area contributed by atoms with E-state index in [1.54, 1.807) is 0 Å². The molecular formula is C20H14O. The topological polar surface area (TPSA) is 12.5 Å². The Balaban J connectivity index is 2.19. The summed E-state index contributed by atoms with van der Waals surface area (Å²) in [6.07, 6.45) is 0. The fraction of sp³-hybridized carbons (Fsp3) is 0.100. The maximum Gasteiger partial charge on any atom is 0.178 e. The van der Waals surface area contributed by atoms with Gasteiger partial charge in [0, 0.05) is 10.8 Å². The molecular weight excluding hydrogens is 256 g/mol. The van der Waals surface area contributed by atoms with Gasteiger partial charge in [0.15, 0.2) is 11.5 Å². The zero-order valence-electron chi connectivity index (χ0n) is 12.0. The van der Waals surface area contributed by atoms with Crippen molar-refractivity contribution in [2.24, 2.45) is 0 Å². The second kappa shape index (κ2) is 3.56. The van der Waals surface area contributed by atoms with Gasteiger partial charge in [0.25, 0.3) is 0 Å². The first kappa shape index (κ1) is 11.2. The van der Waals surface area contributed by atoms with Crippen molar-refractivity contribution in [2.75, 3.05) is 0 Å². The van der Waals surface area contributed by atoms with Gasteiger partial charge in [-0.25, -0.2) is 0 Å². The van der Waals surface area contributed by atoms with Gasteiger partial charge >= 0.3 is 0 Å². The average molecular weight is 270 g/mol. The van der Waals surface area contributed by atoms with Gasteiger partial charge in [-0.1, -0.05) is 48.5 Å². The Morgan fingerprint density at radius 3 is 1.76 bits per heavy atom. The van der Waals surface area contributed by atoms with Crippen molar-refractivity contribution in [3.8, 4) is 11.5 Å². The molecule has 4 aromatic carbocycles. The van der Waals surface area contributed by atoms with Crippen LogP contribution >= 0.6 is 0 Å². The van der Waals surface area contributed by atoms with Crippen molar-refractivity contribution in [2.45, 2.75) is 13.8 Å². The van der Waals surface area contributed by atoms with Crippen LogP contribution in [-0.2, 0) is 0 Å². The third-order valence-electron chi connectivity index (χ3n) is 4.77. The van der Waals surface area contributed by atoms with Gasteiger partial charge in [-0.05, 0) is 46.5 Å². The van der Waals surface area contributed by atoms with Crippen LogP contribution < -0.4 is 4.74 Å². The van der Waals surface area contributed by atoms with Crippen LogP contribution in [0, 0.1) is 13.8 Å². The number of hydrogen-bond acceptors (Lipinski definition) is 1. The van der Waals surface area contributed by atoms with E-state index >= 15 is 0 Å². The van der Waals surface area contributed by atoms with Crippen LogP contribution in [0.1, 0.15) is 11.1 Å². The van der Waals surface area contributed by atoms with Gasteiger partial charge in [-0.15, -0.1) is 0 Å². The molecule has 1 heteroatoms. The van der Waals surface area contributed by atoms with E-state index in [1.807, 2.05) is 0 Å². The lowest BCUT2D eigenvalue weighted by molar-refractivity contribution is 0.657. The van der Waals surface area contributed by atoms with Crippen LogP contribution in [0.4, 0.5) is 0 Å². The molecule has 1 aliphatic heterocycles. The van der Waals surface area contributed by atoms with E-state index in [4.69, 9.17) is 4.74 Å². The summed E-state index contributed by atoms with van der Waals surface area (Å²) in [6, 6.07) is 17.2. The molecule has 4 aromatic rings. The van der Waals surface area contributed by atoms with E-state index < -0.39 is 0 Å². The predicted octanol–water partition coefficient (Wildman–Crippen LogP) is 5.87. The van der Waals surface area contributed by atoms with E-state index in [9.17, 15) is 0 Å². The highest BCUT2D eigenvalue weighted by atomic mass is 16.6. The number of ether oxygens (including phenoxy) is 1. The summed E-state index contributed by atoms with van der Waals surface area (Å²) < 4.78 is 5.85. The first-order valence-corrected chi connectivity index (χ1v) is 7.31. The molecule has 0 amide bonds. The van der Waals surface area contributed by atoms with Gasteiger partial charge in [0.05, 0.1) is 0 Å². The highest BCUT2D eigenvalue weighted by Crippen LogP contribution is 2.58. The molecule has 100 valence electrons. The summed E-state index contributed by atoms with van der Waals surface area (Å²) >= 11 is 0. The highest BCUT2D eigenvalue weighted by Gasteiger charge is 2.30. The third-order valence-corrected chi connectivity index (χ3v) is 4.77. The molecule has 0 atom stereocenters. The molecule has 0 radical (unpaired) electrons. The highest BCUT2D eigenvalue weighted by molar-refractivity contribution is 6.23. The van der Waals surface area contributed by atoms with Gasteiger partial charge in [-0.2, -0.15) is 0 Å². The Morgan fingerprint density at radius 2 is 1.10 bits per heavy atom. The van der Waals surface area contributed by atoms with E-state index in [1.165, 1.54) is 43.4 Å². The number of benzene rings is 4. The van der Waals surface area contributed by atoms with Crippen molar-refractivity contribution in [1.82, 2.24) is 0 Å². The van der Waals surface area contributed by atoms with Gasteiger partial charge in [0.2, 0.25) is 0 Å². The smallest absolute Gasteiger partial charge is 0.178 e. The molecule has 0 aliphatic carbocycles. The SMILES string of the molecule is Cc1c2ccccc2c(C)c2c1c1c(c3ccccc32)O1. The summed E-state index contributed by atoms with van der Waals surface area (Å²) in [5.74, 6) is 2.14. The van der Waals surface area contributed by atoms with E-state index in [0.29, 0.717) is 0 Å². The van der Waals surface area contributed by atoms with Crippen LogP contribution in [0.3, 0.4) is 0 Å². The van der Waals surface area contributed by atoms with E-state index in [2.05, 4.69) is 62.4 Å². The zero-order valence-corrected chi connectivity index (χ0v) is 12.0. The van der Waals surface area contributed by atoms with Crippen LogP contribution in [-0.4, -0.2) is 0 Å². The monoisotopic (exact) mass is 270 g/mol. The van der Waals surface area contributed by atoms with Crippen molar-refractivity contribution in [3.05, 3.63) is 59.7 Å². The number of rotatable bonds is 0. The van der Waals surface area contributed by atoms with Crippen molar-refractivity contribution in [1.29, 1.82) is 0 Å². The normalized spacial score (nSPS) is 12.7. The van der Waals surface area contributed by atoms with E-state index in [0.717, 1.165) is 11.5 Å². The summed E-state index contributed by atoms with van der Waals surface area (Å²) in [7, 11) is 0. The maximum absolute atomic E-state index is 5.85. The van der Waals surface area contributed by atoms with Crippen LogP contribution in [0.5, 0.6) is 11.5 Å². The Morgan fingerprint density at radius 1 is 0.571 bits per heavy atom. The number of fused-ring (bicyclic) bond motifs is 7. The third kappa shape index (κ3) is 1.26. The maximum atomic E-state index is 5.85. The average Bonchev–Trinajstić information content (AvgIpc) is 3.32. The summed E-state index contributed by atoms with van der Waals surface area (Å²) in [6.45, 7) is 4.44. The Hall–Kier alpha value is -2.54. The molecule has 0 saturated heterocycles. The lowest BCUT2D eigenvalue weighted by Gasteiger charge is -2.12. The van der Waals surface area contributed by atoms with Crippen LogP contribution in [0.15, 0.2) is 48.5 Å². The van der Waals surface area contributed by atoms with Crippen LogP contribution in [0.25, 0.3) is 32.3 Å². The van der Waals surface area contributed by atoms with E-state index in [-0.39, 0.29) is 0 Å². The molecule has 0 aromatic heterocycles. The molecule has 1 nitrogen and oxygen atoms in total. The molecule has 5 rings (SSSR count). The second-order valence-corrected chi connectivity index (χ2v) is 5.85. The van der Waals surface area contributed by atoms with Crippen molar-refractivity contribution in [3.63, 3.8) is 0 Å². The minimum absolute atomic E-state index is 1.07. The standard InChI is InChI=1S/C20H14O/c1-11-13-7-3-4-8-14(13)12(2)18-17(11)15-9-5-6-10-16(15)19-20(18)21-19/h3-10H,1-2H3. The Bertz CT molecular complexity index is 1070. The minimum atomic E-state index is 1.07. The summed E-state index contributed by atoms with van der Waals surface area (Å²) in [5, 5.41) is 7.84. The largest absolute Gasteiger partial charge is 0.448 e. The lowest BCUT2D eigenvalue weighted by atomic mass is 9.90.